The number of hydrogen-bond donors (Lipinski definition) is 2. The highest BCUT2D eigenvalue weighted by Crippen LogP contribution is 2.60. The van der Waals surface area contributed by atoms with Gasteiger partial charge in [-0.15, -0.1) is 0 Å². The van der Waals surface area contributed by atoms with Gasteiger partial charge in [0.05, 0.1) is 6.61 Å². The molecular weight excluding hydrogens is 302 g/mol. The van der Waals surface area contributed by atoms with Crippen LogP contribution in [-0.2, 0) is 9.53 Å². The quantitative estimate of drug-likeness (QED) is 0.780. The lowest BCUT2D eigenvalue weighted by Crippen LogP contribution is -2.45. The van der Waals surface area contributed by atoms with Crippen LogP contribution in [0.3, 0.4) is 0 Å². The fraction of sp³-hybridized carbons (Fsp3) is 0.750. The minimum Gasteiger partial charge on any atom is -0.362 e. The molecule has 0 aromatic carbocycles. The molecular formula is C20H29NO3. The summed E-state index contributed by atoms with van der Waals surface area (Å²) in [5.41, 5.74) is 8.11. The number of aliphatic hydroxyl groups is 1. The Morgan fingerprint density at radius 1 is 1.33 bits per heavy atom. The van der Waals surface area contributed by atoms with Gasteiger partial charge in [-0.1, -0.05) is 13.0 Å². The predicted octanol–water partition coefficient (Wildman–Crippen LogP) is 2.71. The van der Waals surface area contributed by atoms with Crippen LogP contribution in [0.25, 0.3) is 0 Å². The van der Waals surface area contributed by atoms with Crippen molar-refractivity contribution >= 4 is 5.78 Å². The van der Waals surface area contributed by atoms with Gasteiger partial charge in [-0.2, -0.15) is 0 Å². The van der Waals surface area contributed by atoms with Crippen LogP contribution in [0.2, 0.25) is 0 Å². The van der Waals surface area contributed by atoms with E-state index in [1.165, 1.54) is 11.1 Å². The lowest BCUT2D eigenvalue weighted by atomic mass is 9.54. The number of rotatable bonds is 3. The number of nitrogens with two attached hydrogens (primary N) is 1. The third-order valence-electron chi connectivity index (χ3n) is 7.15. The second kappa shape index (κ2) is 5.79. The molecule has 0 amide bonds. The van der Waals surface area contributed by atoms with Crippen molar-refractivity contribution in [3.8, 4) is 0 Å². The largest absolute Gasteiger partial charge is 0.362 e. The van der Waals surface area contributed by atoms with Crippen molar-refractivity contribution < 1.29 is 14.6 Å². The SMILES string of the molecule is C[C@]12CC[C@@H]3C4=CCC(O)(OCCN)C=C4CC[C@H]3[C@@H]1CCC2=O. The molecule has 5 atom stereocenters. The molecule has 0 saturated heterocycles. The van der Waals surface area contributed by atoms with Crippen LogP contribution in [-0.4, -0.2) is 29.8 Å². The Bertz CT molecular complexity index is 610. The van der Waals surface area contributed by atoms with Gasteiger partial charge in [-0.25, -0.2) is 0 Å². The summed E-state index contributed by atoms with van der Waals surface area (Å²) >= 11 is 0. The maximum absolute atomic E-state index is 12.4. The molecule has 0 aromatic rings. The zero-order chi connectivity index (χ0) is 16.9. The van der Waals surface area contributed by atoms with Crippen molar-refractivity contribution in [2.24, 2.45) is 28.9 Å². The lowest BCUT2D eigenvalue weighted by Gasteiger charge is -2.50. The van der Waals surface area contributed by atoms with Gasteiger partial charge < -0.3 is 15.6 Å². The minimum atomic E-state index is -1.18. The Kier molecular flexibility index (Phi) is 3.98. The van der Waals surface area contributed by atoms with E-state index >= 15 is 0 Å². The number of carbonyl (C=O) groups excluding carboxylic acids is 1. The molecule has 4 rings (SSSR count). The van der Waals surface area contributed by atoms with Gasteiger partial charge >= 0.3 is 0 Å². The zero-order valence-electron chi connectivity index (χ0n) is 14.6. The molecule has 3 saturated carbocycles. The number of ether oxygens (including phenoxy) is 1. The molecule has 132 valence electrons. The normalized spacial score (nSPS) is 44.3. The summed E-state index contributed by atoms with van der Waals surface area (Å²) in [5.74, 6) is 1.06. The van der Waals surface area contributed by atoms with Crippen molar-refractivity contribution in [2.75, 3.05) is 13.2 Å². The van der Waals surface area contributed by atoms with E-state index in [-0.39, 0.29) is 5.41 Å². The van der Waals surface area contributed by atoms with E-state index in [2.05, 4.69) is 13.0 Å². The van der Waals surface area contributed by atoms with Gasteiger partial charge in [0.2, 0.25) is 0 Å². The monoisotopic (exact) mass is 331 g/mol. The maximum atomic E-state index is 12.4. The Balaban J connectivity index is 1.57. The standard InChI is InChI=1S/C20H29NO3/c1-19-8-6-15-14-7-9-20(23,24-11-10-21)12-13(14)2-3-16(15)17(19)4-5-18(19)22/h7,12,15-17,23H,2-6,8-11,21H2,1H3/t15-,16-,17+,19+,20?/m1/s1. The van der Waals surface area contributed by atoms with E-state index in [0.29, 0.717) is 43.1 Å². The Labute approximate surface area is 144 Å². The maximum Gasteiger partial charge on any atom is 0.189 e. The van der Waals surface area contributed by atoms with Gasteiger partial charge in [0, 0.05) is 24.8 Å². The summed E-state index contributed by atoms with van der Waals surface area (Å²) < 4.78 is 5.57. The van der Waals surface area contributed by atoms with Crippen LogP contribution in [0.4, 0.5) is 0 Å². The van der Waals surface area contributed by atoms with E-state index in [1.54, 1.807) is 0 Å². The average molecular weight is 331 g/mol. The molecule has 4 aliphatic rings. The van der Waals surface area contributed by atoms with Crippen molar-refractivity contribution in [3.05, 3.63) is 23.3 Å². The Morgan fingerprint density at radius 2 is 2.17 bits per heavy atom. The van der Waals surface area contributed by atoms with Crippen LogP contribution >= 0.6 is 0 Å². The first-order chi connectivity index (χ1) is 11.5. The smallest absolute Gasteiger partial charge is 0.189 e. The molecule has 24 heavy (non-hydrogen) atoms. The molecule has 3 N–H and O–H groups in total. The second-order valence-electron chi connectivity index (χ2n) is 8.35. The first-order valence-electron chi connectivity index (χ1n) is 9.49. The van der Waals surface area contributed by atoms with Crippen molar-refractivity contribution in [3.63, 3.8) is 0 Å². The van der Waals surface area contributed by atoms with Gasteiger partial charge in [-0.3, -0.25) is 4.79 Å². The molecule has 1 unspecified atom stereocenters. The summed E-state index contributed by atoms with van der Waals surface area (Å²) in [6.07, 6.45) is 10.7. The first-order valence-corrected chi connectivity index (χ1v) is 9.49. The summed E-state index contributed by atoms with van der Waals surface area (Å²) in [6.45, 7) is 3.00. The minimum absolute atomic E-state index is 0.0669. The van der Waals surface area contributed by atoms with Gasteiger partial charge in [0.15, 0.2) is 5.79 Å². The molecule has 0 aliphatic heterocycles. The highest BCUT2D eigenvalue weighted by atomic mass is 16.6. The molecule has 0 aromatic heterocycles. The van der Waals surface area contributed by atoms with Crippen LogP contribution in [0, 0.1) is 23.2 Å². The van der Waals surface area contributed by atoms with Crippen molar-refractivity contribution in [1.82, 2.24) is 0 Å². The molecule has 4 aliphatic carbocycles. The van der Waals surface area contributed by atoms with Gasteiger partial charge in [0.1, 0.15) is 5.78 Å². The molecule has 0 radical (unpaired) electrons. The molecule has 0 spiro atoms. The molecule has 4 heteroatoms. The Morgan fingerprint density at radius 3 is 2.96 bits per heavy atom. The topological polar surface area (TPSA) is 72.6 Å². The number of Topliss-reactive ketones (excluding diaryl/α,β-unsaturated/α-hetero) is 1. The van der Waals surface area contributed by atoms with E-state index < -0.39 is 5.79 Å². The summed E-state index contributed by atoms with van der Waals surface area (Å²) in [4.78, 5) is 12.4. The number of ketones is 1. The molecule has 3 fully saturated rings. The van der Waals surface area contributed by atoms with Gasteiger partial charge in [-0.05, 0) is 67.1 Å². The van der Waals surface area contributed by atoms with Gasteiger partial charge in [0.25, 0.3) is 0 Å². The predicted molar refractivity (Wildman–Crippen MR) is 92.0 cm³/mol. The van der Waals surface area contributed by atoms with Crippen molar-refractivity contribution in [2.45, 2.75) is 57.7 Å². The molecule has 4 nitrogen and oxygen atoms in total. The van der Waals surface area contributed by atoms with Crippen molar-refractivity contribution in [1.29, 1.82) is 0 Å². The first kappa shape index (κ1) is 16.5. The number of hydrogen-bond acceptors (Lipinski definition) is 4. The zero-order valence-corrected chi connectivity index (χ0v) is 14.6. The average Bonchev–Trinajstić information content (AvgIpc) is 2.88. The molecule has 0 heterocycles. The van der Waals surface area contributed by atoms with Crippen LogP contribution in [0.1, 0.15) is 51.9 Å². The second-order valence-corrected chi connectivity index (χ2v) is 8.35. The Hall–Kier alpha value is -0.970. The summed E-state index contributed by atoms with van der Waals surface area (Å²) in [6, 6.07) is 0. The van der Waals surface area contributed by atoms with E-state index in [0.717, 1.165) is 38.5 Å². The summed E-state index contributed by atoms with van der Waals surface area (Å²) in [7, 11) is 0. The van der Waals surface area contributed by atoms with Crippen LogP contribution < -0.4 is 5.73 Å². The fourth-order valence-corrected chi connectivity index (χ4v) is 5.91. The van der Waals surface area contributed by atoms with E-state index in [9.17, 15) is 9.90 Å². The highest BCUT2D eigenvalue weighted by molar-refractivity contribution is 5.87. The van der Waals surface area contributed by atoms with Crippen LogP contribution in [0.5, 0.6) is 0 Å². The third kappa shape index (κ3) is 2.42. The molecule has 0 bridgehead atoms. The number of fused-ring (bicyclic) bond motifs is 5. The third-order valence-corrected chi connectivity index (χ3v) is 7.15. The highest BCUT2D eigenvalue weighted by Gasteiger charge is 2.55. The lowest BCUT2D eigenvalue weighted by molar-refractivity contribution is -0.163. The van der Waals surface area contributed by atoms with Crippen LogP contribution in [0.15, 0.2) is 23.3 Å². The number of carbonyl (C=O) groups is 1. The fourth-order valence-electron chi connectivity index (χ4n) is 5.91. The van der Waals surface area contributed by atoms with E-state index in [4.69, 9.17) is 10.5 Å². The number of allylic oxidation sites excluding steroid dienone is 2. The van der Waals surface area contributed by atoms with E-state index in [1.807, 2.05) is 6.08 Å². The summed E-state index contributed by atoms with van der Waals surface area (Å²) in [5, 5.41) is 10.6.